The lowest BCUT2D eigenvalue weighted by Gasteiger charge is -2.20. The second-order valence-electron chi connectivity index (χ2n) is 10.7. The number of oxime groups is 1. The van der Waals surface area contributed by atoms with Crippen molar-refractivity contribution in [1.82, 2.24) is 4.98 Å². The molecule has 1 heterocycles. The largest absolute Gasteiger partial charge is 0.490 e. The minimum absolute atomic E-state index is 0.0149. The van der Waals surface area contributed by atoms with E-state index in [1.165, 1.54) is 0 Å². The fourth-order valence-electron chi connectivity index (χ4n) is 4.12. The quantitative estimate of drug-likeness (QED) is 0.116. The molecule has 0 amide bonds. The number of benzene rings is 3. The van der Waals surface area contributed by atoms with E-state index in [0.717, 1.165) is 33.7 Å². The van der Waals surface area contributed by atoms with Crippen molar-refractivity contribution in [2.24, 2.45) is 5.16 Å². The first-order valence-corrected chi connectivity index (χ1v) is 13.6. The minimum Gasteiger partial charge on any atom is -0.490 e. The number of hydrogen-bond donors (Lipinski definition) is 1. The molecule has 7 heteroatoms. The van der Waals surface area contributed by atoms with Gasteiger partial charge in [0.1, 0.15) is 18.1 Å². The first kappa shape index (κ1) is 29.3. The smallest absolute Gasteiger partial charge is 0.345 e. The lowest BCUT2D eigenvalue weighted by Crippen LogP contribution is -2.29. The standard InChI is InChI=1S/C34H36N2O5/c1-24(26-10-12-27(13-11-26)31-7-5-6-20-35-31)36-40-22-21-39-29-16-8-25(9-17-29)23-32(33(37)38)41-30-18-14-28(15-19-30)34(2,3)4/h5-20,32H,21-23H2,1-4H3,(H,37,38)/b36-24-. The Balaban J connectivity index is 1.22. The molecule has 1 unspecified atom stereocenters. The Morgan fingerprint density at radius 1 is 0.878 bits per heavy atom. The second-order valence-corrected chi connectivity index (χ2v) is 10.7. The van der Waals surface area contributed by atoms with E-state index in [0.29, 0.717) is 18.1 Å². The van der Waals surface area contributed by atoms with Crippen molar-refractivity contribution in [2.75, 3.05) is 13.2 Å². The number of carbonyl (C=O) groups is 1. The summed E-state index contributed by atoms with van der Waals surface area (Å²) in [7, 11) is 0. The number of carboxylic acids is 1. The highest BCUT2D eigenvalue weighted by molar-refractivity contribution is 5.98. The van der Waals surface area contributed by atoms with Crippen molar-refractivity contribution in [3.63, 3.8) is 0 Å². The maximum atomic E-state index is 11.8. The topological polar surface area (TPSA) is 90.2 Å². The minimum atomic E-state index is -1.01. The van der Waals surface area contributed by atoms with Crippen LogP contribution in [0.15, 0.2) is 102 Å². The van der Waals surface area contributed by atoms with Crippen molar-refractivity contribution >= 4 is 11.7 Å². The molecule has 0 radical (unpaired) electrons. The average Bonchev–Trinajstić information content (AvgIpc) is 2.97. The molecule has 7 nitrogen and oxygen atoms in total. The van der Waals surface area contributed by atoms with E-state index in [1.54, 1.807) is 6.20 Å². The number of nitrogens with zero attached hydrogens (tertiary/aromatic N) is 2. The molecule has 0 aliphatic rings. The Morgan fingerprint density at radius 3 is 2.17 bits per heavy atom. The van der Waals surface area contributed by atoms with Crippen molar-refractivity contribution in [3.8, 4) is 22.8 Å². The van der Waals surface area contributed by atoms with Crippen molar-refractivity contribution in [1.29, 1.82) is 0 Å². The fourth-order valence-corrected chi connectivity index (χ4v) is 4.12. The van der Waals surface area contributed by atoms with Crippen LogP contribution < -0.4 is 9.47 Å². The molecule has 3 aromatic carbocycles. The van der Waals surface area contributed by atoms with E-state index >= 15 is 0 Å². The van der Waals surface area contributed by atoms with Gasteiger partial charge in [-0.05, 0) is 65.4 Å². The predicted molar refractivity (Wildman–Crippen MR) is 161 cm³/mol. The number of carboxylic acid groups (broad SMARTS) is 1. The van der Waals surface area contributed by atoms with Crippen LogP contribution in [0.2, 0.25) is 0 Å². The fraction of sp³-hybridized carbons (Fsp3) is 0.265. The normalized spacial score (nSPS) is 12.4. The van der Waals surface area contributed by atoms with Gasteiger partial charge < -0.3 is 19.4 Å². The number of rotatable bonds is 12. The molecule has 0 aliphatic heterocycles. The molecule has 0 fully saturated rings. The zero-order chi connectivity index (χ0) is 29.2. The lowest BCUT2D eigenvalue weighted by molar-refractivity contribution is -0.145. The summed E-state index contributed by atoms with van der Waals surface area (Å²) in [5, 5.41) is 13.9. The van der Waals surface area contributed by atoms with Crippen LogP contribution in [0, 0.1) is 0 Å². The van der Waals surface area contributed by atoms with Gasteiger partial charge in [-0.15, -0.1) is 0 Å². The zero-order valence-electron chi connectivity index (χ0n) is 23.9. The van der Waals surface area contributed by atoms with Crippen LogP contribution in [-0.4, -0.2) is 41.1 Å². The van der Waals surface area contributed by atoms with Crippen molar-refractivity contribution < 1.29 is 24.2 Å². The van der Waals surface area contributed by atoms with Crippen LogP contribution in [0.1, 0.15) is 44.4 Å². The summed E-state index contributed by atoms with van der Waals surface area (Å²) >= 11 is 0. The van der Waals surface area contributed by atoms with E-state index in [1.807, 2.05) is 97.9 Å². The number of aliphatic carboxylic acids is 1. The molecular weight excluding hydrogens is 516 g/mol. The highest BCUT2D eigenvalue weighted by Crippen LogP contribution is 2.25. The van der Waals surface area contributed by atoms with Gasteiger partial charge in [-0.25, -0.2) is 4.79 Å². The maximum Gasteiger partial charge on any atom is 0.345 e. The Bertz CT molecular complexity index is 1430. The number of aromatic nitrogens is 1. The van der Waals surface area contributed by atoms with Gasteiger partial charge in [-0.1, -0.05) is 80.5 Å². The van der Waals surface area contributed by atoms with Crippen molar-refractivity contribution in [2.45, 2.75) is 45.6 Å². The van der Waals surface area contributed by atoms with Gasteiger partial charge in [0.05, 0.1) is 11.4 Å². The van der Waals surface area contributed by atoms with Gasteiger partial charge in [-0.2, -0.15) is 0 Å². The monoisotopic (exact) mass is 552 g/mol. The van der Waals surface area contributed by atoms with E-state index in [9.17, 15) is 9.90 Å². The summed E-state index contributed by atoms with van der Waals surface area (Å²) in [6.45, 7) is 8.89. The number of pyridine rings is 1. The van der Waals surface area contributed by atoms with Crippen LogP contribution in [0.5, 0.6) is 11.5 Å². The molecule has 212 valence electrons. The molecule has 41 heavy (non-hydrogen) atoms. The Labute approximate surface area is 241 Å². The highest BCUT2D eigenvalue weighted by Gasteiger charge is 2.21. The predicted octanol–water partition coefficient (Wildman–Crippen LogP) is 6.94. The molecule has 0 spiro atoms. The maximum absolute atomic E-state index is 11.8. The van der Waals surface area contributed by atoms with Gasteiger partial charge in [0.2, 0.25) is 0 Å². The summed E-state index contributed by atoms with van der Waals surface area (Å²) in [6.07, 6.45) is 1.01. The van der Waals surface area contributed by atoms with Gasteiger partial charge in [-0.3, -0.25) is 4.98 Å². The lowest BCUT2D eigenvalue weighted by atomic mass is 9.87. The molecule has 1 aromatic heterocycles. The molecule has 1 atom stereocenters. The van der Waals surface area contributed by atoms with Gasteiger partial charge >= 0.3 is 5.97 Å². The molecular formula is C34H36N2O5. The third-order valence-corrected chi connectivity index (χ3v) is 6.53. The molecule has 0 bridgehead atoms. The van der Waals surface area contributed by atoms with E-state index in [-0.39, 0.29) is 18.4 Å². The summed E-state index contributed by atoms with van der Waals surface area (Å²) < 4.78 is 11.5. The van der Waals surface area contributed by atoms with E-state index in [4.69, 9.17) is 14.3 Å². The van der Waals surface area contributed by atoms with Crippen LogP contribution in [0.3, 0.4) is 0 Å². The SMILES string of the molecule is C/C(=N/OCCOc1ccc(CC(Oc2ccc(C(C)(C)C)cc2)C(=O)O)cc1)c1ccc(-c2ccccn2)cc1. The summed E-state index contributed by atoms with van der Waals surface area (Å²) in [6, 6.07) is 28.7. The molecule has 1 N–H and O–H groups in total. The molecule has 0 saturated carbocycles. The van der Waals surface area contributed by atoms with E-state index < -0.39 is 12.1 Å². The number of ether oxygens (including phenoxy) is 2. The van der Waals surface area contributed by atoms with Crippen LogP contribution in [-0.2, 0) is 21.5 Å². The van der Waals surface area contributed by atoms with Gasteiger partial charge in [0, 0.05) is 18.2 Å². The van der Waals surface area contributed by atoms with Crippen LogP contribution in [0.4, 0.5) is 0 Å². The van der Waals surface area contributed by atoms with Crippen LogP contribution in [0.25, 0.3) is 11.3 Å². The summed E-state index contributed by atoms with van der Waals surface area (Å²) in [4.78, 5) is 21.6. The van der Waals surface area contributed by atoms with Crippen molar-refractivity contribution in [3.05, 3.63) is 114 Å². The zero-order valence-corrected chi connectivity index (χ0v) is 23.9. The Kier molecular flexibility index (Phi) is 9.74. The second kappa shape index (κ2) is 13.6. The Hall–Kier alpha value is -4.65. The molecule has 0 aliphatic carbocycles. The highest BCUT2D eigenvalue weighted by atomic mass is 16.6. The van der Waals surface area contributed by atoms with Crippen LogP contribution >= 0.6 is 0 Å². The average molecular weight is 553 g/mol. The molecule has 0 saturated heterocycles. The Morgan fingerprint density at radius 2 is 1.56 bits per heavy atom. The third-order valence-electron chi connectivity index (χ3n) is 6.53. The number of hydrogen-bond acceptors (Lipinski definition) is 6. The molecule has 4 rings (SSSR count). The molecule has 4 aromatic rings. The first-order valence-electron chi connectivity index (χ1n) is 13.6. The van der Waals surface area contributed by atoms with Gasteiger partial charge in [0.15, 0.2) is 12.7 Å². The summed E-state index contributed by atoms with van der Waals surface area (Å²) in [5.74, 6) is 0.181. The third kappa shape index (κ3) is 8.67. The van der Waals surface area contributed by atoms with Gasteiger partial charge in [0.25, 0.3) is 0 Å². The van der Waals surface area contributed by atoms with E-state index in [2.05, 4.69) is 30.9 Å². The summed E-state index contributed by atoms with van der Waals surface area (Å²) in [5.41, 5.74) is 5.70. The first-order chi connectivity index (χ1) is 19.7.